The third kappa shape index (κ3) is 2.94. The number of rotatable bonds is 3. The Morgan fingerprint density at radius 2 is 2.27 bits per heavy atom. The van der Waals surface area contributed by atoms with Gasteiger partial charge >= 0.3 is 11.6 Å². The summed E-state index contributed by atoms with van der Waals surface area (Å²) in [4.78, 5) is 11.7. The number of aromatic nitrogens is 1. The molecule has 0 saturated heterocycles. The number of nitrogens with one attached hydrogen (secondary N) is 1. The predicted octanol–water partition coefficient (Wildman–Crippen LogP) is 0.602. The van der Waals surface area contributed by atoms with E-state index in [1.807, 2.05) is 13.8 Å². The minimum Gasteiger partial charge on any atom is -0.502 e. The molecule has 0 atom stereocenters. The molecule has 0 aliphatic rings. The fraction of sp³-hybridized carbons (Fsp3) is 0.455. The Bertz CT molecular complexity index is 341. The molecule has 0 bridgehead atoms. The molecule has 0 aliphatic carbocycles. The van der Waals surface area contributed by atoms with Gasteiger partial charge in [-0.05, 0) is 12.0 Å². The van der Waals surface area contributed by atoms with Gasteiger partial charge in [0, 0.05) is 12.6 Å². The summed E-state index contributed by atoms with van der Waals surface area (Å²) in [6, 6.07) is 3.19. The van der Waals surface area contributed by atoms with E-state index in [1.54, 1.807) is 23.9 Å². The van der Waals surface area contributed by atoms with Crippen molar-refractivity contribution in [2.75, 3.05) is 6.54 Å². The zero-order valence-corrected chi connectivity index (χ0v) is 9.32. The molecule has 0 aromatic carbocycles. The van der Waals surface area contributed by atoms with E-state index in [0.29, 0.717) is 12.5 Å². The third-order valence-corrected chi connectivity index (χ3v) is 2.05. The lowest BCUT2D eigenvalue weighted by Crippen LogP contribution is -2.41. The summed E-state index contributed by atoms with van der Waals surface area (Å²) in [6.07, 6.45) is 1.73. The highest BCUT2D eigenvalue weighted by Gasteiger charge is 2.21. The van der Waals surface area contributed by atoms with Crippen LogP contribution in [-0.2, 0) is 7.05 Å². The molecular weight excluding hydrogens is 192 g/mol. The second-order valence-electron chi connectivity index (χ2n) is 3.96. The van der Waals surface area contributed by atoms with Crippen LogP contribution >= 0.6 is 0 Å². The van der Waals surface area contributed by atoms with E-state index < -0.39 is 0 Å². The van der Waals surface area contributed by atoms with Crippen molar-refractivity contribution in [1.29, 1.82) is 0 Å². The molecule has 0 saturated carbocycles. The average molecular weight is 209 g/mol. The number of hydrogen-bond donors (Lipinski definition) is 2. The first kappa shape index (κ1) is 11.5. The molecule has 4 heteroatoms. The fourth-order valence-corrected chi connectivity index (χ4v) is 1.25. The van der Waals surface area contributed by atoms with Crippen molar-refractivity contribution in [2.45, 2.75) is 13.8 Å². The lowest BCUT2D eigenvalue weighted by Gasteiger charge is -2.06. The Labute approximate surface area is 89.6 Å². The highest BCUT2D eigenvalue weighted by atomic mass is 16.3. The predicted molar refractivity (Wildman–Crippen MR) is 56.5 cm³/mol. The van der Waals surface area contributed by atoms with Crippen LogP contribution < -0.4 is 9.88 Å². The van der Waals surface area contributed by atoms with E-state index in [2.05, 4.69) is 5.32 Å². The maximum atomic E-state index is 11.7. The van der Waals surface area contributed by atoms with Crippen LogP contribution in [0.3, 0.4) is 0 Å². The normalized spacial score (nSPS) is 10.4. The summed E-state index contributed by atoms with van der Waals surface area (Å²) >= 11 is 0. The van der Waals surface area contributed by atoms with E-state index in [9.17, 15) is 9.90 Å². The van der Waals surface area contributed by atoms with Crippen molar-refractivity contribution >= 4 is 5.91 Å². The van der Waals surface area contributed by atoms with Crippen molar-refractivity contribution in [2.24, 2.45) is 13.0 Å². The van der Waals surface area contributed by atoms with Gasteiger partial charge in [0.1, 0.15) is 7.05 Å². The number of carbonyl (C=O) groups excluding carboxylic acids is 1. The Kier molecular flexibility index (Phi) is 3.66. The largest absolute Gasteiger partial charge is 0.502 e. The summed E-state index contributed by atoms with van der Waals surface area (Å²) in [7, 11) is 1.73. The summed E-state index contributed by atoms with van der Waals surface area (Å²) < 4.78 is 1.60. The third-order valence-electron chi connectivity index (χ3n) is 2.05. The number of pyridine rings is 1. The van der Waals surface area contributed by atoms with Crippen LogP contribution in [0.5, 0.6) is 5.75 Å². The standard InChI is InChI=1S/C11H16N2O2/c1-8(2)7-12-11(15)10-9(14)5-4-6-13(10)3/h4-6,8H,7H2,1-3H3,(H-,12,14,15)/p+1. The SMILES string of the molecule is CC(C)CNC(=O)c1c(O)ccc[n+]1C. The molecule has 0 fully saturated rings. The Morgan fingerprint density at radius 1 is 1.60 bits per heavy atom. The minimum absolute atomic E-state index is 0.00116. The maximum absolute atomic E-state index is 11.7. The second kappa shape index (κ2) is 4.77. The van der Waals surface area contributed by atoms with Gasteiger partial charge in [-0.25, -0.2) is 0 Å². The first-order valence-corrected chi connectivity index (χ1v) is 4.98. The first-order valence-electron chi connectivity index (χ1n) is 4.98. The molecule has 1 aromatic heterocycles. The fourth-order valence-electron chi connectivity index (χ4n) is 1.25. The molecule has 82 valence electrons. The molecule has 1 amide bonds. The number of amides is 1. The quantitative estimate of drug-likeness (QED) is 0.716. The zero-order valence-electron chi connectivity index (χ0n) is 9.32. The van der Waals surface area contributed by atoms with Crippen LogP contribution in [0.1, 0.15) is 24.3 Å². The van der Waals surface area contributed by atoms with E-state index in [4.69, 9.17) is 0 Å². The van der Waals surface area contributed by atoms with Gasteiger partial charge in [0.25, 0.3) is 0 Å². The monoisotopic (exact) mass is 209 g/mol. The zero-order chi connectivity index (χ0) is 11.4. The maximum Gasteiger partial charge on any atom is 0.320 e. The van der Waals surface area contributed by atoms with Crippen LogP contribution in [0, 0.1) is 5.92 Å². The summed E-state index contributed by atoms with van der Waals surface area (Å²) in [5.41, 5.74) is 0.290. The van der Waals surface area contributed by atoms with E-state index in [0.717, 1.165) is 0 Å². The van der Waals surface area contributed by atoms with Crippen molar-refractivity contribution in [3.05, 3.63) is 24.0 Å². The van der Waals surface area contributed by atoms with Gasteiger partial charge in [0.2, 0.25) is 0 Å². The van der Waals surface area contributed by atoms with Crippen LogP contribution in [0.15, 0.2) is 18.3 Å². The highest BCUT2D eigenvalue weighted by Crippen LogP contribution is 2.10. The molecule has 0 spiro atoms. The number of hydrogen-bond acceptors (Lipinski definition) is 2. The Morgan fingerprint density at radius 3 is 2.80 bits per heavy atom. The Hall–Kier alpha value is -1.58. The van der Waals surface area contributed by atoms with Crippen molar-refractivity contribution in [3.8, 4) is 5.75 Å². The van der Waals surface area contributed by atoms with Crippen LogP contribution in [-0.4, -0.2) is 17.6 Å². The minimum atomic E-state index is -0.246. The molecule has 15 heavy (non-hydrogen) atoms. The van der Waals surface area contributed by atoms with Crippen LogP contribution in [0.25, 0.3) is 0 Å². The summed E-state index contributed by atoms with van der Waals surface area (Å²) in [5.74, 6) is 0.149. The van der Waals surface area contributed by atoms with Gasteiger partial charge in [-0.3, -0.25) is 4.79 Å². The summed E-state index contributed by atoms with van der Waals surface area (Å²) in [6.45, 7) is 4.64. The number of nitrogens with zero attached hydrogens (tertiary/aromatic N) is 1. The lowest BCUT2D eigenvalue weighted by atomic mass is 10.2. The molecular formula is C11H17N2O2+. The van der Waals surface area contributed by atoms with Gasteiger partial charge in [-0.2, -0.15) is 4.57 Å². The van der Waals surface area contributed by atoms with Crippen LogP contribution in [0.4, 0.5) is 0 Å². The van der Waals surface area contributed by atoms with E-state index >= 15 is 0 Å². The molecule has 0 aliphatic heterocycles. The smallest absolute Gasteiger partial charge is 0.320 e. The van der Waals surface area contributed by atoms with Gasteiger partial charge in [0.15, 0.2) is 11.9 Å². The number of carbonyl (C=O) groups is 1. The van der Waals surface area contributed by atoms with Crippen molar-refractivity contribution in [1.82, 2.24) is 5.32 Å². The molecule has 1 heterocycles. The van der Waals surface area contributed by atoms with E-state index in [-0.39, 0.29) is 17.4 Å². The number of aryl methyl sites for hydroxylation is 1. The first-order chi connectivity index (χ1) is 7.02. The average Bonchev–Trinajstić information content (AvgIpc) is 2.14. The lowest BCUT2D eigenvalue weighted by molar-refractivity contribution is -0.673. The molecule has 4 nitrogen and oxygen atoms in total. The Balaban J connectivity index is 2.82. The van der Waals surface area contributed by atoms with Gasteiger partial charge in [-0.1, -0.05) is 13.8 Å². The van der Waals surface area contributed by atoms with Crippen molar-refractivity contribution < 1.29 is 14.5 Å². The van der Waals surface area contributed by atoms with Crippen molar-refractivity contribution in [3.63, 3.8) is 0 Å². The topological polar surface area (TPSA) is 53.2 Å². The number of aromatic hydroxyl groups is 1. The molecule has 2 N–H and O–H groups in total. The summed E-state index contributed by atoms with van der Waals surface area (Å²) in [5, 5.41) is 12.3. The van der Waals surface area contributed by atoms with Gasteiger partial charge in [-0.15, -0.1) is 0 Å². The van der Waals surface area contributed by atoms with Gasteiger partial charge in [0.05, 0.1) is 0 Å². The second-order valence-corrected chi connectivity index (χ2v) is 3.96. The highest BCUT2D eigenvalue weighted by molar-refractivity contribution is 5.93. The molecule has 0 unspecified atom stereocenters. The molecule has 0 radical (unpaired) electrons. The van der Waals surface area contributed by atoms with Crippen LogP contribution in [0.2, 0.25) is 0 Å². The van der Waals surface area contributed by atoms with Gasteiger partial charge < -0.3 is 10.4 Å². The van der Waals surface area contributed by atoms with E-state index in [1.165, 1.54) is 6.07 Å². The molecule has 1 aromatic rings. The molecule has 1 rings (SSSR count).